The van der Waals surface area contributed by atoms with Gasteiger partial charge in [-0.05, 0) is 0 Å². The molecule has 0 aromatic heterocycles. The molecule has 0 heterocycles. The van der Waals surface area contributed by atoms with Gasteiger partial charge in [-0.3, -0.25) is 0 Å². The van der Waals surface area contributed by atoms with Crippen molar-refractivity contribution in [3.8, 4) is 0 Å². The summed E-state index contributed by atoms with van der Waals surface area (Å²) in [6.07, 6.45) is 0. The van der Waals surface area contributed by atoms with Gasteiger partial charge in [-0.25, -0.2) is 8.42 Å². The Balaban J connectivity index is 4.25. The van der Waals surface area contributed by atoms with Gasteiger partial charge in [0.1, 0.15) is 5.21 Å². The molecule has 11 heavy (non-hydrogen) atoms. The molecule has 0 aliphatic carbocycles. The Kier molecular flexibility index (Phi) is 4.99. The van der Waals surface area contributed by atoms with E-state index in [1.54, 1.807) is 6.92 Å². The lowest BCUT2D eigenvalue weighted by atomic mass is 10.6. The number of hydrogen-bond donors (Lipinski definition) is 1. The van der Waals surface area contributed by atoms with Gasteiger partial charge in [-0.15, -0.1) is 11.6 Å². The molecule has 0 aliphatic rings. The van der Waals surface area contributed by atoms with Crippen molar-refractivity contribution in [1.29, 1.82) is 0 Å². The van der Waals surface area contributed by atoms with Crippen molar-refractivity contribution in [2.45, 2.75) is 6.92 Å². The van der Waals surface area contributed by atoms with E-state index in [2.05, 4.69) is 0 Å². The largest absolute Gasteiger partial charge is 0.395 e. The zero-order valence-electron chi connectivity index (χ0n) is 6.33. The summed E-state index contributed by atoms with van der Waals surface area (Å²) in [5.74, 6) is 0. The first-order chi connectivity index (χ1) is 5.08. The van der Waals surface area contributed by atoms with Gasteiger partial charge in [0.2, 0.25) is 10.0 Å². The van der Waals surface area contributed by atoms with E-state index < -0.39 is 15.2 Å². The quantitative estimate of drug-likeness (QED) is 0.629. The standard InChI is InChI=1S/C5H12ClNO3S/c1-2-7(3-4-8)11(9,10)5-6/h8H,2-5H2,1H3. The van der Waals surface area contributed by atoms with Crippen LogP contribution in [0.15, 0.2) is 0 Å². The number of aliphatic hydroxyl groups excluding tert-OH is 1. The molecule has 0 aliphatic heterocycles. The van der Waals surface area contributed by atoms with Crippen LogP contribution in [0.2, 0.25) is 0 Å². The summed E-state index contributed by atoms with van der Waals surface area (Å²) >= 11 is 5.19. The van der Waals surface area contributed by atoms with E-state index in [9.17, 15) is 8.42 Å². The van der Waals surface area contributed by atoms with Crippen molar-refractivity contribution in [1.82, 2.24) is 4.31 Å². The average molecular weight is 202 g/mol. The van der Waals surface area contributed by atoms with Gasteiger partial charge in [0.05, 0.1) is 6.61 Å². The summed E-state index contributed by atoms with van der Waals surface area (Å²) in [4.78, 5) is 0. The molecule has 1 N–H and O–H groups in total. The summed E-state index contributed by atoms with van der Waals surface area (Å²) in [6, 6.07) is 0. The Bertz CT molecular complexity index is 192. The number of hydrogen-bond acceptors (Lipinski definition) is 3. The minimum atomic E-state index is -3.33. The Hall–Kier alpha value is 0.160. The molecular formula is C5H12ClNO3S. The predicted octanol–water partition coefficient (Wildman–Crippen LogP) is -0.173. The second-order valence-corrected chi connectivity index (χ2v) is 4.49. The molecule has 4 nitrogen and oxygen atoms in total. The van der Waals surface area contributed by atoms with Crippen molar-refractivity contribution < 1.29 is 13.5 Å². The Morgan fingerprint density at radius 1 is 1.55 bits per heavy atom. The normalized spacial score (nSPS) is 12.4. The first-order valence-corrected chi connectivity index (χ1v) is 5.37. The summed E-state index contributed by atoms with van der Waals surface area (Å²) in [5, 5.41) is 8.05. The maximum Gasteiger partial charge on any atom is 0.228 e. The predicted molar refractivity (Wildman–Crippen MR) is 44.0 cm³/mol. The van der Waals surface area contributed by atoms with Gasteiger partial charge in [-0.2, -0.15) is 4.31 Å². The molecule has 0 bridgehead atoms. The highest BCUT2D eigenvalue weighted by Crippen LogP contribution is 2.01. The minimum absolute atomic E-state index is 0.117. The van der Waals surface area contributed by atoms with Crippen LogP contribution in [0.3, 0.4) is 0 Å². The maximum absolute atomic E-state index is 11.0. The van der Waals surface area contributed by atoms with E-state index in [0.717, 1.165) is 4.31 Å². The lowest BCUT2D eigenvalue weighted by Gasteiger charge is -2.16. The molecule has 0 saturated carbocycles. The number of nitrogens with zero attached hydrogens (tertiary/aromatic N) is 1. The van der Waals surface area contributed by atoms with Crippen molar-refractivity contribution in [3.63, 3.8) is 0 Å². The van der Waals surface area contributed by atoms with E-state index in [1.807, 2.05) is 0 Å². The van der Waals surface area contributed by atoms with E-state index in [0.29, 0.717) is 6.54 Å². The first kappa shape index (κ1) is 11.2. The highest BCUT2D eigenvalue weighted by molar-refractivity contribution is 7.90. The molecule has 0 fully saturated rings. The molecule has 0 saturated heterocycles. The van der Waals surface area contributed by atoms with Crippen molar-refractivity contribution in [2.75, 3.05) is 24.9 Å². The lowest BCUT2D eigenvalue weighted by molar-refractivity contribution is 0.257. The highest BCUT2D eigenvalue weighted by atomic mass is 35.5. The fraction of sp³-hybridized carbons (Fsp3) is 1.00. The molecule has 0 rings (SSSR count). The van der Waals surface area contributed by atoms with Crippen LogP contribution in [0.5, 0.6) is 0 Å². The number of rotatable bonds is 5. The van der Waals surface area contributed by atoms with Crippen LogP contribution >= 0.6 is 11.6 Å². The van der Waals surface area contributed by atoms with E-state index in [4.69, 9.17) is 16.7 Å². The van der Waals surface area contributed by atoms with Crippen LogP contribution in [-0.4, -0.2) is 42.7 Å². The van der Waals surface area contributed by atoms with E-state index in [-0.39, 0.29) is 13.2 Å². The third-order valence-electron chi connectivity index (χ3n) is 1.23. The molecule has 0 aromatic rings. The summed E-state index contributed by atoms with van der Waals surface area (Å²) < 4.78 is 23.1. The molecule has 68 valence electrons. The fourth-order valence-electron chi connectivity index (χ4n) is 0.674. The number of aliphatic hydroxyl groups is 1. The van der Waals surface area contributed by atoms with Crippen LogP contribution in [0.25, 0.3) is 0 Å². The molecule has 0 aromatic carbocycles. The third-order valence-corrected chi connectivity index (χ3v) is 3.56. The van der Waals surface area contributed by atoms with Crippen molar-refractivity contribution in [2.24, 2.45) is 0 Å². The smallest absolute Gasteiger partial charge is 0.228 e. The zero-order valence-corrected chi connectivity index (χ0v) is 7.90. The van der Waals surface area contributed by atoms with Crippen LogP contribution in [0.4, 0.5) is 0 Å². The number of alkyl halides is 1. The second kappa shape index (κ2) is 4.92. The number of likely N-dealkylation sites (N-methyl/N-ethyl adjacent to an activating group) is 1. The molecule has 0 amide bonds. The van der Waals surface area contributed by atoms with Gasteiger partial charge < -0.3 is 5.11 Å². The zero-order chi connectivity index (χ0) is 8.91. The topological polar surface area (TPSA) is 57.6 Å². The molecule has 0 atom stereocenters. The van der Waals surface area contributed by atoms with Gasteiger partial charge in [0.25, 0.3) is 0 Å². The lowest BCUT2D eigenvalue weighted by Crippen LogP contribution is -2.33. The van der Waals surface area contributed by atoms with Crippen LogP contribution in [0.1, 0.15) is 6.92 Å². The van der Waals surface area contributed by atoms with Gasteiger partial charge in [0.15, 0.2) is 0 Å². The van der Waals surface area contributed by atoms with Crippen molar-refractivity contribution in [3.05, 3.63) is 0 Å². The van der Waals surface area contributed by atoms with Crippen LogP contribution < -0.4 is 0 Å². The summed E-state index contributed by atoms with van der Waals surface area (Å²) in [5.41, 5.74) is 0. The molecule has 6 heteroatoms. The van der Waals surface area contributed by atoms with Crippen molar-refractivity contribution >= 4 is 21.6 Å². The highest BCUT2D eigenvalue weighted by Gasteiger charge is 2.17. The van der Waals surface area contributed by atoms with Crippen LogP contribution in [0, 0.1) is 0 Å². The Morgan fingerprint density at radius 2 is 2.09 bits per heavy atom. The van der Waals surface area contributed by atoms with Crippen LogP contribution in [-0.2, 0) is 10.0 Å². The number of halogens is 1. The SMILES string of the molecule is CCN(CCO)S(=O)(=O)CCl. The minimum Gasteiger partial charge on any atom is -0.395 e. The monoisotopic (exact) mass is 201 g/mol. The van der Waals surface area contributed by atoms with Gasteiger partial charge in [-0.1, -0.05) is 6.92 Å². The molecular weight excluding hydrogens is 190 g/mol. The summed E-state index contributed by atoms with van der Waals surface area (Å²) in [6.45, 7) is 1.98. The summed E-state index contributed by atoms with van der Waals surface area (Å²) in [7, 11) is -3.33. The van der Waals surface area contributed by atoms with Gasteiger partial charge >= 0.3 is 0 Å². The molecule has 0 radical (unpaired) electrons. The molecule has 0 unspecified atom stereocenters. The second-order valence-electron chi connectivity index (χ2n) is 1.94. The average Bonchev–Trinajstić information content (AvgIpc) is 2.00. The molecule has 0 spiro atoms. The first-order valence-electron chi connectivity index (χ1n) is 3.23. The Morgan fingerprint density at radius 3 is 2.36 bits per heavy atom. The third kappa shape index (κ3) is 3.37. The van der Waals surface area contributed by atoms with Gasteiger partial charge in [0, 0.05) is 13.1 Å². The maximum atomic E-state index is 11.0. The van der Waals surface area contributed by atoms with E-state index in [1.165, 1.54) is 0 Å². The number of sulfonamides is 1. The Labute approximate surface area is 71.8 Å². The van der Waals surface area contributed by atoms with E-state index >= 15 is 0 Å². The fourth-order valence-corrected chi connectivity index (χ4v) is 1.98.